The molecule has 2 aromatic rings. The second-order valence-electron chi connectivity index (χ2n) is 7.32. The van der Waals surface area contributed by atoms with Crippen molar-refractivity contribution in [1.29, 1.82) is 0 Å². The van der Waals surface area contributed by atoms with Crippen LogP contribution in [0.4, 0.5) is 0 Å². The summed E-state index contributed by atoms with van der Waals surface area (Å²) in [5.41, 5.74) is 1.92. The molecule has 0 aliphatic carbocycles. The maximum Gasteiger partial charge on any atom is 0.243 e. The lowest BCUT2D eigenvalue weighted by atomic mass is 10.1. The number of hydrogen-bond acceptors (Lipinski definition) is 3. The molecule has 30 heavy (non-hydrogen) atoms. The average molecular weight is 467 g/mol. The fourth-order valence-electron chi connectivity index (χ4n) is 3.03. The van der Waals surface area contributed by atoms with Gasteiger partial charge in [-0.15, -0.1) is 11.8 Å². The minimum Gasteiger partial charge on any atom is -0.352 e. The van der Waals surface area contributed by atoms with E-state index in [1.54, 1.807) is 17.0 Å². The molecule has 0 aliphatic heterocycles. The van der Waals surface area contributed by atoms with Gasteiger partial charge in [0.15, 0.2) is 0 Å². The summed E-state index contributed by atoms with van der Waals surface area (Å²) in [5.74, 6) is 0.693. The molecule has 2 aromatic carbocycles. The number of amides is 2. The summed E-state index contributed by atoms with van der Waals surface area (Å²) in [6.07, 6.45) is 0.535. The fraction of sp³-hybridized carbons (Fsp3) is 0.391. The quantitative estimate of drug-likeness (QED) is 0.498. The number of hydrogen-bond donors (Lipinski definition) is 1. The highest BCUT2D eigenvalue weighted by atomic mass is 35.5. The molecule has 162 valence electrons. The van der Waals surface area contributed by atoms with Crippen molar-refractivity contribution in [2.75, 3.05) is 5.75 Å². The molecule has 2 rings (SSSR count). The molecule has 0 saturated heterocycles. The second kappa shape index (κ2) is 12.2. The molecular weight excluding hydrogens is 439 g/mol. The molecule has 7 heteroatoms. The minimum atomic E-state index is -0.531. The topological polar surface area (TPSA) is 49.4 Å². The van der Waals surface area contributed by atoms with Crippen molar-refractivity contribution in [3.05, 3.63) is 69.7 Å². The highest BCUT2D eigenvalue weighted by Gasteiger charge is 2.28. The molecule has 2 amide bonds. The lowest BCUT2D eigenvalue weighted by Gasteiger charge is -2.31. The number of thioether (sulfide) groups is 1. The van der Waals surface area contributed by atoms with Gasteiger partial charge in [-0.3, -0.25) is 9.59 Å². The van der Waals surface area contributed by atoms with Crippen LogP contribution in [0, 0.1) is 0 Å². The van der Waals surface area contributed by atoms with E-state index in [0.717, 1.165) is 11.1 Å². The average Bonchev–Trinajstić information content (AvgIpc) is 2.70. The number of carbonyl (C=O) groups excluding carboxylic acids is 2. The number of benzene rings is 2. The number of nitrogens with zero attached hydrogens (tertiary/aromatic N) is 1. The maximum atomic E-state index is 13.1. The Morgan fingerprint density at radius 2 is 1.73 bits per heavy atom. The fourth-order valence-corrected chi connectivity index (χ4v) is 4.36. The van der Waals surface area contributed by atoms with Crippen LogP contribution in [0.25, 0.3) is 0 Å². The number of halogens is 2. The van der Waals surface area contributed by atoms with E-state index in [9.17, 15) is 9.59 Å². The molecule has 1 unspecified atom stereocenters. The van der Waals surface area contributed by atoms with Crippen molar-refractivity contribution in [3.63, 3.8) is 0 Å². The minimum absolute atomic E-state index is 0.00799. The molecule has 0 fully saturated rings. The smallest absolute Gasteiger partial charge is 0.243 e. The van der Waals surface area contributed by atoms with E-state index in [1.165, 1.54) is 11.8 Å². The van der Waals surface area contributed by atoms with E-state index in [0.29, 0.717) is 28.8 Å². The zero-order valence-electron chi connectivity index (χ0n) is 17.5. The molecule has 1 N–H and O–H groups in total. The van der Waals surface area contributed by atoms with Gasteiger partial charge in [-0.25, -0.2) is 0 Å². The van der Waals surface area contributed by atoms with E-state index in [4.69, 9.17) is 23.2 Å². The molecule has 1 atom stereocenters. The third-order valence-electron chi connectivity index (χ3n) is 4.52. The third-order valence-corrected chi connectivity index (χ3v) is 6.11. The van der Waals surface area contributed by atoms with Crippen molar-refractivity contribution >= 4 is 46.8 Å². The van der Waals surface area contributed by atoms with Crippen LogP contribution >= 0.6 is 35.0 Å². The van der Waals surface area contributed by atoms with Gasteiger partial charge in [-0.2, -0.15) is 0 Å². The highest BCUT2D eigenvalue weighted by Crippen LogP contribution is 2.22. The van der Waals surface area contributed by atoms with Crippen molar-refractivity contribution in [2.24, 2.45) is 0 Å². The zero-order valence-corrected chi connectivity index (χ0v) is 19.9. The van der Waals surface area contributed by atoms with Gasteiger partial charge in [0, 0.05) is 28.4 Å². The maximum absolute atomic E-state index is 13.1. The van der Waals surface area contributed by atoms with Crippen LogP contribution in [0.5, 0.6) is 0 Å². The van der Waals surface area contributed by atoms with Gasteiger partial charge in [-0.05, 0) is 49.6 Å². The van der Waals surface area contributed by atoms with E-state index in [2.05, 4.69) is 5.32 Å². The lowest BCUT2D eigenvalue weighted by Crippen LogP contribution is -2.50. The number of carbonyl (C=O) groups is 2. The van der Waals surface area contributed by atoms with Gasteiger partial charge in [0.2, 0.25) is 11.8 Å². The third kappa shape index (κ3) is 7.53. The summed E-state index contributed by atoms with van der Waals surface area (Å²) in [5, 5.41) is 4.26. The predicted molar refractivity (Wildman–Crippen MR) is 127 cm³/mol. The first-order chi connectivity index (χ1) is 14.3. The monoisotopic (exact) mass is 466 g/mol. The first kappa shape index (κ1) is 24.6. The predicted octanol–water partition coefficient (Wildman–Crippen LogP) is 5.56. The molecular formula is C23H28Cl2N2O2S. The standard InChI is InChI=1S/C23H28Cl2N2O2S/c1-4-21(23(29)26-16(2)3)27(13-17-9-11-19(24)12-10-17)22(28)15-30-14-18-7-5-6-8-20(18)25/h5-12,16,21H,4,13-15H2,1-3H3,(H,26,29). The normalized spacial score (nSPS) is 11.9. The molecule has 0 aliphatic rings. The largest absolute Gasteiger partial charge is 0.352 e. The van der Waals surface area contributed by atoms with Crippen LogP contribution in [-0.2, 0) is 21.9 Å². The van der Waals surface area contributed by atoms with Crippen molar-refractivity contribution in [1.82, 2.24) is 10.2 Å². The lowest BCUT2D eigenvalue weighted by molar-refractivity contribution is -0.139. The highest BCUT2D eigenvalue weighted by molar-refractivity contribution is 7.99. The Bertz CT molecular complexity index is 843. The van der Waals surface area contributed by atoms with Crippen LogP contribution in [0.1, 0.15) is 38.3 Å². The van der Waals surface area contributed by atoms with E-state index in [1.807, 2.05) is 57.2 Å². The second-order valence-corrected chi connectivity index (χ2v) is 9.15. The van der Waals surface area contributed by atoms with E-state index >= 15 is 0 Å². The summed E-state index contributed by atoms with van der Waals surface area (Å²) >= 11 is 13.7. The molecule has 0 radical (unpaired) electrons. The van der Waals surface area contributed by atoms with Crippen molar-refractivity contribution in [2.45, 2.75) is 51.6 Å². The van der Waals surface area contributed by atoms with Gasteiger partial charge < -0.3 is 10.2 Å². The summed E-state index contributed by atoms with van der Waals surface area (Å²) < 4.78 is 0. The zero-order chi connectivity index (χ0) is 22.1. The Morgan fingerprint density at radius 1 is 1.07 bits per heavy atom. The van der Waals surface area contributed by atoms with Crippen molar-refractivity contribution < 1.29 is 9.59 Å². The summed E-state index contributed by atoms with van der Waals surface area (Å²) in [6, 6.07) is 14.4. The molecule has 0 spiro atoms. The molecule has 0 bridgehead atoms. The van der Waals surface area contributed by atoms with Crippen molar-refractivity contribution in [3.8, 4) is 0 Å². The van der Waals surface area contributed by atoms with Crippen LogP contribution in [-0.4, -0.2) is 34.6 Å². The SMILES string of the molecule is CCC(C(=O)NC(C)C)N(Cc1ccc(Cl)cc1)C(=O)CSCc1ccccc1Cl. The van der Waals surface area contributed by atoms with E-state index in [-0.39, 0.29) is 23.6 Å². The number of rotatable bonds is 10. The van der Waals surface area contributed by atoms with E-state index < -0.39 is 6.04 Å². The molecule has 4 nitrogen and oxygen atoms in total. The first-order valence-electron chi connectivity index (χ1n) is 9.97. The summed E-state index contributed by atoms with van der Waals surface area (Å²) in [4.78, 5) is 27.6. The van der Waals surface area contributed by atoms with Gasteiger partial charge in [-0.1, -0.05) is 60.5 Å². The molecule has 0 heterocycles. The van der Waals surface area contributed by atoms with Gasteiger partial charge in [0.05, 0.1) is 5.75 Å². The molecule has 0 aromatic heterocycles. The first-order valence-corrected chi connectivity index (χ1v) is 11.9. The van der Waals surface area contributed by atoms with Gasteiger partial charge in [0.25, 0.3) is 0 Å². The Kier molecular flexibility index (Phi) is 10.0. The Labute approximate surface area is 193 Å². The number of nitrogens with one attached hydrogen (secondary N) is 1. The Balaban J connectivity index is 2.13. The Morgan fingerprint density at radius 3 is 2.33 bits per heavy atom. The van der Waals surface area contributed by atoms with Crippen LogP contribution in [0.3, 0.4) is 0 Å². The van der Waals surface area contributed by atoms with Crippen LogP contribution in [0.2, 0.25) is 10.0 Å². The summed E-state index contributed by atoms with van der Waals surface area (Å²) in [6.45, 7) is 6.10. The summed E-state index contributed by atoms with van der Waals surface area (Å²) in [7, 11) is 0. The van der Waals surface area contributed by atoms with Crippen LogP contribution < -0.4 is 5.32 Å². The molecule has 0 saturated carbocycles. The van der Waals surface area contributed by atoms with Crippen LogP contribution in [0.15, 0.2) is 48.5 Å². The van der Waals surface area contributed by atoms with Gasteiger partial charge in [0.1, 0.15) is 6.04 Å². The van der Waals surface area contributed by atoms with Gasteiger partial charge >= 0.3 is 0 Å². The Hall–Kier alpha value is -1.69.